The van der Waals surface area contributed by atoms with Crippen molar-refractivity contribution in [3.05, 3.63) is 53.1 Å². The summed E-state index contributed by atoms with van der Waals surface area (Å²) in [5, 5.41) is 4.90. The molecular weight excluding hydrogens is 277 g/mol. The van der Waals surface area contributed by atoms with Gasteiger partial charge in [-0.1, -0.05) is 23.7 Å². The van der Waals surface area contributed by atoms with E-state index in [0.29, 0.717) is 28.0 Å². The smallest absolute Gasteiger partial charge is 0.157 e. The van der Waals surface area contributed by atoms with Gasteiger partial charge in [-0.25, -0.2) is 13.9 Å². The van der Waals surface area contributed by atoms with Crippen molar-refractivity contribution in [1.29, 1.82) is 0 Å². The predicted molar refractivity (Wildman–Crippen MR) is 75.4 cm³/mol. The van der Waals surface area contributed by atoms with Crippen molar-refractivity contribution in [3.63, 3.8) is 0 Å². The highest BCUT2D eigenvalue weighted by atomic mass is 35.5. The van der Waals surface area contributed by atoms with Crippen LogP contribution in [0.25, 0.3) is 16.9 Å². The Morgan fingerprint density at radius 3 is 2.75 bits per heavy atom. The minimum absolute atomic E-state index is 0.303. The third kappa shape index (κ3) is 1.88. The van der Waals surface area contributed by atoms with Crippen LogP contribution >= 0.6 is 11.6 Å². The zero-order valence-electron chi connectivity index (χ0n) is 10.6. The van der Waals surface area contributed by atoms with Gasteiger partial charge in [0, 0.05) is 23.6 Å². The molecule has 0 bridgehead atoms. The van der Waals surface area contributed by atoms with Crippen molar-refractivity contribution >= 4 is 17.2 Å². The minimum Gasteiger partial charge on any atom is -0.228 e. The molecule has 2 heterocycles. The molecular formula is C15H11ClFN3. The van der Waals surface area contributed by atoms with E-state index < -0.39 is 0 Å². The van der Waals surface area contributed by atoms with Crippen LogP contribution in [0.2, 0.25) is 5.15 Å². The number of hydrogen-bond donors (Lipinski definition) is 0. The minimum atomic E-state index is -0.303. The summed E-state index contributed by atoms with van der Waals surface area (Å²) in [6, 6.07) is 10.1. The number of benzene rings is 1. The topological polar surface area (TPSA) is 30.2 Å². The number of halogens is 2. The summed E-state index contributed by atoms with van der Waals surface area (Å²) >= 11 is 6.24. The molecule has 0 saturated heterocycles. The van der Waals surface area contributed by atoms with Crippen LogP contribution in [0.5, 0.6) is 0 Å². The number of rotatable bonds is 2. The van der Waals surface area contributed by atoms with Gasteiger partial charge in [-0.2, -0.15) is 5.10 Å². The average Bonchev–Trinajstić information content (AvgIpc) is 3.19. The molecule has 1 aliphatic rings. The summed E-state index contributed by atoms with van der Waals surface area (Å²) in [6.07, 6.45) is 2.34. The molecule has 3 aromatic rings. The monoisotopic (exact) mass is 287 g/mol. The van der Waals surface area contributed by atoms with Gasteiger partial charge in [-0.3, -0.25) is 0 Å². The van der Waals surface area contributed by atoms with E-state index in [1.807, 2.05) is 6.07 Å². The largest absolute Gasteiger partial charge is 0.228 e. The molecule has 1 fully saturated rings. The first kappa shape index (κ1) is 11.9. The van der Waals surface area contributed by atoms with Crippen LogP contribution in [-0.4, -0.2) is 14.6 Å². The second-order valence-corrected chi connectivity index (χ2v) is 5.44. The van der Waals surface area contributed by atoms with E-state index in [-0.39, 0.29) is 5.82 Å². The molecule has 0 amide bonds. The fraction of sp³-hybridized carbons (Fsp3) is 0.200. The highest BCUT2D eigenvalue weighted by Crippen LogP contribution is 2.39. The molecule has 0 radical (unpaired) electrons. The number of nitrogens with zero attached hydrogens (tertiary/aromatic N) is 3. The maximum atomic E-state index is 13.8. The van der Waals surface area contributed by atoms with Crippen LogP contribution in [0.15, 0.2) is 36.4 Å². The first-order valence-corrected chi connectivity index (χ1v) is 6.91. The predicted octanol–water partition coefficient (Wildman–Crippen LogP) is 4.07. The molecule has 0 N–H and O–H groups in total. The lowest BCUT2D eigenvalue weighted by molar-refractivity contribution is 0.630. The number of aromatic nitrogens is 3. The van der Waals surface area contributed by atoms with Crippen LogP contribution in [0, 0.1) is 5.82 Å². The molecule has 0 atom stereocenters. The lowest BCUT2D eigenvalue weighted by Gasteiger charge is -2.04. The molecule has 0 aliphatic heterocycles. The second kappa shape index (κ2) is 4.28. The van der Waals surface area contributed by atoms with Crippen LogP contribution in [0.1, 0.15) is 24.5 Å². The summed E-state index contributed by atoms with van der Waals surface area (Å²) < 4.78 is 15.5. The van der Waals surface area contributed by atoms with E-state index in [9.17, 15) is 4.39 Å². The molecule has 1 aliphatic carbocycles. The van der Waals surface area contributed by atoms with Crippen molar-refractivity contribution in [1.82, 2.24) is 14.6 Å². The van der Waals surface area contributed by atoms with Gasteiger partial charge >= 0.3 is 0 Å². The average molecular weight is 288 g/mol. The van der Waals surface area contributed by atoms with Gasteiger partial charge in [0.25, 0.3) is 0 Å². The maximum Gasteiger partial charge on any atom is 0.157 e. The Balaban J connectivity index is 1.91. The molecule has 0 spiro atoms. The molecule has 3 nitrogen and oxygen atoms in total. The fourth-order valence-corrected chi connectivity index (χ4v) is 2.57. The van der Waals surface area contributed by atoms with Gasteiger partial charge in [-0.05, 0) is 25.0 Å². The second-order valence-electron chi connectivity index (χ2n) is 5.06. The van der Waals surface area contributed by atoms with Crippen molar-refractivity contribution in [2.75, 3.05) is 0 Å². The first-order chi connectivity index (χ1) is 9.72. The standard InChI is InChI=1S/C15H11ClFN3/c16-14-7-13(10-3-1-2-4-11(10)17)18-15-8-12(9-5-6-9)19-20(14)15/h1-4,7-9H,5-6H2. The van der Waals surface area contributed by atoms with E-state index in [0.717, 1.165) is 5.69 Å². The molecule has 100 valence electrons. The molecule has 2 aromatic heterocycles. The van der Waals surface area contributed by atoms with Crippen molar-refractivity contribution in [2.24, 2.45) is 0 Å². The Labute approximate surface area is 120 Å². The summed E-state index contributed by atoms with van der Waals surface area (Å²) in [5.41, 5.74) is 2.66. The molecule has 1 saturated carbocycles. The maximum absolute atomic E-state index is 13.8. The summed E-state index contributed by atoms with van der Waals surface area (Å²) in [4.78, 5) is 4.47. The third-order valence-corrected chi connectivity index (χ3v) is 3.82. The van der Waals surface area contributed by atoms with Gasteiger partial charge in [0.1, 0.15) is 11.0 Å². The van der Waals surface area contributed by atoms with Crippen LogP contribution in [-0.2, 0) is 0 Å². The third-order valence-electron chi connectivity index (χ3n) is 3.55. The highest BCUT2D eigenvalue weighted by Gasteiger charge is 2.27. The van der Waals surface area contributed by atoms with Gasteiger partial charge in [0.05, 0.1) is 11.4 Å². The fourth-order valence-electron chi connectivity index (χ4n) is 2.34. The lowest BCUT2D eigenvalue weighted by Crippen LogP contribution is -1.96. The normalized spacial score (nSPS) is 14.9. The van der Waals surface area contributed by atoms with E-state index in [1.165, 1.54) is 18.9 Å². The zero-order valence-corrected chi connectivity index (χ0v) is 11.3. The summed E-state index contributed by atoms with van der Waals surface area (Å²) in [7, 11) is 0. The summed E-state index contributed by atoms with van der Waals surface area (Å²) in [5.74, 6) is 0.229. The van der Waals surface area contributed by atoms with Gasteiger partial charge in [0.2, 0.25) is 0 Å². The van der Waals surface area contributed by atoms with E-state index in [4.69, 9.17) is 11.6 Å². The van der Waals surface area contributed by atoms with Gasteiger partial charge < -0.3 is 0 Å². The molecule has 20 heavy (non-hydrogen) atoms. The lowest BCUT2D eigenvalue weighted by atomic mass is 10.1. The van der Waals surface area contributed by atoms with Gasteiger partial charge in [0.15, 0.2) is 5.65 Å². The Kier molecular flexibility index (Phi) is 2.54. The Bertz CT molecular complexity index is 808. The van der Waals surface area contributed by atoms with Crippen molar-refractivity contribution < 1.29 is 4.39 Å². The molecule has 5 heteroatoms. The van der Waals surface area contributed by atoms with E-state index >= 15 is 0 Å². The zero-order chi connectivity index (χ0) is 13.7. The SMILES string of the molecule is Fc1ccccc1-c1cc(Cl)n2nc(C3CC3)cc2n1. The van der Waals surface area contributed by atoms with Crippen molar-refractivity contribution in [3.8, 4) is 11.3 Å². The quantitative estimate of drug-likeness (QED) is 0.665. The summed E-state index contributed by atoms with van der Waals surface area (Å²) in [6.45, 7) is 0. The highest BCUT2D eigenvalue weighted by molar-refractivity contribution is 6.30. The van der Waals surface area contributed by atoms with E-state index in [1.54, 1.807) is 28.8 Å². The van der Waals surface area contributed by atoms with Crippen LogP contribution in [0.4, 0.5) is 4.39 Å². The Hall–Kier alpha value is -1.94. The van der Waals surface area contributed by atoms with Crippen LogP contribution < -0.4 is 0 Å². The Morgan fingerprint density at radius 2 is 2.00 bits per heavy atom. The van der Waals surface area contributed by atoms with Crippen LogP contribution in [0.3, 0.4) is 0 Å². The van der Waals surface area contributed by atoms with Crippen molar-refractivity contribution in [2.45, 2.75) is 18.8 Å². The number of hydrogen-bond acceptors (Lipinski definition) is 2. The van der Waals surface area contributed by atoms with Gasteiger partial charge in [-0.15, -0.1) is 0 Å². The Morgan fingerprint density at radius 1 is 1.20 bits per heavy atom. The first-order valence-electron chi connectivity index (χ1n) is 6.53. The number of fused-ring (bicyclic) bond motifs is 1. The van der Waals surface area contributed by atoms with E-state index in [2.05, 4.69) is 10.1 Å². The molecule has 1 aromatic carbocycles. The molecule has 0 unspecified atom stereocenters. The molecule has 4 rings (SSSR count).